The Morgan fingerprint density at radius 3 is 2.50 bits per heavy atom. The van der Waals surface area contributed by atoms with Crippen LogP contribution in [0, 0.1) is 17.5 Å². The zero-order valence-corrected chi connectivity index (χ0v) is 23.6. The summed E-state index contributed by atoms with van der Waals surface area (Å²) >= 11 is 3.52. The van der Waals surface area contributed by atoms with E-state index in [9.17, 15) is 27.6 Å². The van der Waals surface area contributed by atoms with Crippen molar-refractivity contribution in [1.29, 1.82) is 0 Å². The molecule has 0 aliphatic carbocycles. The number of pyridine rings is 1. The number of amides is 2. The van der Waals surface area contributed by atoms with Crippen LogP contribution in [-0.4, -0.2) is 34.4 Å². The van der Waals surface area contributed by atoms with Crippen molar-refractivity contribution in [2.45, 2.75) is 25.6 Å². The lowest BCUT2D eigenvalue weighted by Gasteiger charge is -2.35. The number of nitrogens with zero attached hydrogens (tertiary/aromatic N) is 2. The third kappa shape index (κ3) is 5.09. The highest BCUT2D eigenvalue weighted by molar-refractivity contribution is 9.10. The molecule has 2 amide bonds. The molecular weight excluding hydrogens is 615 g/mol. The quantitative estimate of drug-likeness (QED) is 0.318. The van der Waals surface area contributed by atoms with E-state index in [2.05, 4.69) is 21.2 Å². The Morgan fingerprint density at radius 2 is 1.76 bits per heavy atom. The van der Waals surface area contributed by atoms with Gasteiger partial charge in [-0.3, -0.25) is 14.4 Å². The summed E-state index contributed by atoms with van der Waals surface area (Å²) in [6, 6.07) is 15.4. The maximum Gasteiger partial charge on any atom is 0.274 e. The Hall–Kier alpha value is -4.38. The second-order valence-corrected chi connectivity index (χ2v) is 11.0. The maximum atomic E-state index is 14.2. The molecule has 3 heterocycles. The van der Waals surface area contributed by atoms with Gasteiger partial charge < -0.3 is 19.5 Å². The molecular formula is C31H23BrF3N3O4. The number of rotatable bonds is 6. The second-order valence-electron chi connectivity index (χ2n) is 10.1. The number of ether oxygens (including phenoxy) is 1. The van der Waals surface area contributed by atoms with E-state index in [1.54, 1.807) is 33.7 Å². The van der Waals surface area contributed by atoms with Crippen LogP contribution in [0.4, 0.5) is 13.2 Å². The van der Waals surface area contributed by atoms with E-state index >= 15 is 0 Å². The molecule has 0 saturated carbocycles. The minimum Gasteiger partial charge on any atom is -0.483 e. The second kappa shape index (κ2) is 11.1. The fraction of sp³-hybridized carbons (Fsp3) is 0.194. The van der Waals surface area contributed by atoms with Gasteiger partial charge in [-0.1, -0.05) is 52.3 Å². The van der Waals surface area contributed by atoms with Crippen molar-refractivity contribution < 1.29 is 27.5 Å². The van der Waals surface area contributed by atoms with Crippen molar-refractivity contribution in [2.75, 3.05) is 13.1 Å². The molecule has 2 aliphatic heterocycles. The zero-order chi connectivity index (χ0) is 29.5. The molecule has 214 valence electrons. The number of halogens is 4. The third-order valence-corrected chi connectivity index (χ3v) is 8.02. The van der Waals surface area contributed by atoms with Crippen LogP contribution in [0.25, 0.3) is 0 Å². The van der Waals surface area contributed by atoms with Crippen LogP contribution in [0.2, 0.25) is 0 Å². The minimum atomic E-state index is -1.17. The molecule has 2 aliphatic rings. The van der Waals surface area contributed by atoms with Gasteiger partial charge in [-0.15, -0.1) is 0 Å². The van der Waals surface area contributed by atoms with Crippen molar-refractivity contribution >= 4 is 27.7 Å². The fourth-order valence-electron chi connectivity index (χ4n) is 5.42. The summed E-state index contributed by atoms with van der Waals surface area (Å²) in [6.45, 7) is 0.0704. The van der Waals surface area contributed by atoms with Crippen molar-refractivity contribution in [1.82, 2.24) is 14.8 Å². The molecule has 6 rings (SSSR count). The van der Waals surface area contributed by atoms with Crippen LogP contribution < -0.4 is 15.5 Å². The van der Waals surface area contributed by atoms with Crippen LogP contribution >= 0.6 is 15.9 Å². The zero-order valence-electron chi connectivity index (χ0n) is 22.0. The van der Waals surface area contributed by atoms with E-state index in [-0.39, 0.29) is 23.6 Å². The van der Waals surface area contributed by atoms with E-state index < -0.39 is 52.8 Å². The van der Waals surface area contributed by atoms with Gasteiger partial charge in [-0.2, -0.15) is 0 Å². The van der Waals surface area contributed by atoms with Gasteiger partial charge in [0.1, 0.15) is 29.6 Å². The molecule has 0 spiro atoms. The standard InChI is InChI=1S/C31H23BrF3N3O4/c32-19-7-6-18-8-9-37-15-26(21(18)10-19)38-14-23(30(40)36-13-22-24(34)11-20(33)12-25(22)35)28(39)29(27(38)31(37)41)42-16-17-4-2-1-3-5-17/h1-7,10-12,14,26H,8-9,13,15-16H2,(H,36,40)/t26-/m1/s1. The highest BCUT2D eigenvalue weighted by atomic mass is 79.9. The predicted molar refractivity (Wildman–Crippen MR) is 151 cm³/mol. The first kappa shape index (κ1) is 27.8. The molecule has 4 aromatic rings. The lowest BCUT2D eigenvalue weighted by molar-refractivity contribution is 0.0682. The molecule has 0 fully saturated rings. The van der Waals surface area contributed by atoms with E-state index in [1.807, 2.05) is 24.3 Å². The Labute approximate surface area is 246 Å². The summed E-state index contributed by atoms with van der Waals surface area (Å²) in [5.41, 5.74) is 0.932. The van der Waals surface area contributed by atoms with Crippen LogP contribution in [0.1, 0.15) is 49.1 Å². The van der Waals surface area contributed by atoms with E-state index in [0.29, 0.717) is 31.6 Å². The van der Waals surface area contributed by atoms with Gasteiger partial charge >= 0.3 is 0 Å². The molecule has 0 unspecified atom stereocenters. The Balaban J connectivity index is 1.46. The molecule has 11 heteroatoms. The van der Waals surface area contributed by atoms with Gasteiger partial charge in [0.05, 0.1) is 6.04 Å². The molecule has 3 aromatic carbocycles. The van der Waals surface area contributed by atoms with Crippen LogP contribution in [0.5, 0.6) is 5.75 Å². The average molecular weight is 638 g/mol. The normalized spacial score (nSPS) is 15.5. The van der Waals surface area contributed by atoms with Crippen LogP contribution in [-0.2, 0) is 19.6 Å². The van der Waals surface area contributed by atoms with Crippen molar-refractivity contribution in [3.05, 3.63) is 133 Å². The fourth-order valence-corrected chi connectivity index (χ4v) is 5.80. The first-order valence-corrected chi connectivity index (χ1v) is 14.0. The van der Waals surface area contributed by atoms with E-state index in [1.165, 1.54) is 6.20 Å². The monoisotopic (exact) mass is 637 g/mol. The van der Waals surface area contributed by atoms with Crippen molar-refractivity contribution in [2.24, 2.45) is 0 Å². The first-order chi connectivity index (χ1) is 20.2. The number of hydrogen-bond donors (Lipinski definition) is 1. The van der Waals surface area contributed by atoms with Crippen LogP contribution in [0.3, 0.4) is 0 Å². The summed E-state index contributed by atoms with van der Waals surface area (Å²) in [7, 11) is 0. The summed E-state index contributed by atoms with van der Waals surface area (Å²) in [5, 5.41) is 2.36. The smallest absolute Gasteiger partial charge is 0.274 e. The Kier molecular flexibility index (Phi) is 7.36. The van der Waals surface area contributed by atoms with Crippen molar-refractivity contribution in [3.63, 3.8) is 0 Å². The lowest BCUT2D eigenvalue weighted by Crippen LogP contribution is -2.45. The predicted octanol–water partition coefficient (Wildman–Crippen LogP) is 5.14. The third-order valence-electron chi connectivity index (χ3n) is 7.53. The molecule has 42 heavy (non-hydrogen) atoms. The van der Waals surface area contributed by atoms with Crippen LogP contribution in [0.15, 0.2) is 76.1 Å². The maximum absolute atomic E-state index is 14.2. The van der Waals surface area contributed by atoms with Gasteiger partial charge in [-0.25, -0.2) is 13.2 Å². The molecule has 2 bridgehead atoms. The summed E-state index contributed by atoms with van der Waals surface area (Å²) in [5.74, 6) is -5.06. The highest BCUT2D eigenvalue weighted by Gasteiger charge is 2.39. The summed E-state index contributed by atoms with van der Waals surface area (Å²) in [4.78, 5) is 42.5. The molecule has 1 N–H and O–H groups in total. The average Bonchev–Trinajstić information content (AvgIpc) is 3.13. The summed E-state index contributed by atoms with van der Waals surface area (Å²) in [6.07, 6.45) is 1.90. The highest BCUT2D eigenvalue weighted by Crippen LogP contribution is 2.36. The Bertz CT molecular complexity index is 1770. The SMILES string of the molecule is O=C(NCc1c(F)cc(F)cc1F)c1cn2c(c(OCc3ccccc3)c1=O)C(=O)N1CCc3ccc(Br)cc3[C@H]2C1. The van der Waals surface area contributed by atoms with Gasteiger partial charge in [0.15, 0.2) is 11.4 Å². The number of carbonyl (C=O) groups excluding carboxylic acids is 2. The molecule has 1 aromatic heterocycles. The lowest BCUT2D eigenvalue weighted by atomic mass is 9.97. The topological polar surface area (TPSA) is 80.6 Å². The number of aromatic nitrogens is 1. The number of hydrogen-bond acceptors (Lipinski definition) is 4. The number of nitrogens with one attached hydrogen (secondary N) is 1. The van der Waals surface area contributed by atoms with Gasteiger partial charge in [-0.05, 0) is 35.2 Å². The number of carbonyl (C=O) groups is 2. The summed E-state index contributed by atoms with van der Waals surface area (Å²) < 4.78 is 50.2. The van der Waals surface area contributed by atoms with Gasteiger partial charge in [0.25, 0.3) is 11.8 Å². The largest absolute Gasteiger partial charge is 0.483 e. The molecule has 7 nitrogen and oxygen atoms in total. The van der Waals surface area contributed by atoms with Gasteiger partial charge in [0, 0.05) is 48.0 Å². The first-order valence-electron chi connectivity index (χ1n) is 13.2. The van der Waals surface area contributed by atoms with E-state index in [0.717, 1.165) is 21.2 Å². The van der Waals surface area contributed by atoms with E-state index in [4.69, 9.17) is 4.74 Å². The molecule has 0 radical (unpaired) electrons. The number of fused-ring (bicyclic) bond motifs is 6. The van der Waals surface area contributed by atoms with Gasteiger partial charge in [0.2, 0.25) is 5.43 Å². The van der Waals surface area contributed by atoms with Crippen molar-refractivity contribution in [3.8, 4) is 5.75 Å². The minimum absolute atomic E-state index is 0.0205. The number of benzene rings is 3. The molecule has 0 saturated heterocycles. The Morgan fingerprint density at radius 1 is 1.02 bits per heavy atom. The molecule has 1 atom stereocenters.